The van der Waals surface area contributed by atoms with Gasteiger partial charge < -0.3 is 14.2 Å². The Labute approximate surface area is 137 Å². The summed E-state index contributed by atoms with van der Waals surface area (Å²) in [6.07, 6.45) is 1.11. The first kappa shape index (κ1) is 16.0. The molecule has 3 rings (SSSR count). The molecule has 1 aromatic carbocycles. The number of ether oxygens (including phenoxy) is 1. The number of benzene rings is 1. The second kappa shape index (κ2) is 6.31. The van der Waals surface area contributed by atoms with Gasteiger partial charge in [-0.25, -0.2) is 4.39 Å². The van der Waals surface area contributed by atoms with Gasteiger partial charge in [-0.3, -0.25) is 14.9 Å². The largest absolute Gasteiger partial charge is 0.487 e. The molecule has 0 spiro atoms. The summed E-state index contributed by atoms with van der Waals surface area (Å²) in [5.41, 5.74) is 0.307. The van der Waals surface area contributed by atoms with Crippen molar-refractivity contribution in [2.24, 2.45) is 0 Å². The molecule has 24 heavy (non-hydrogen) atoms. The molecule has 0 amide bonds. The second-order valence-electron chi connectivity index (χ2n) is 5.66. The van der Waals surface area contributed by atoms with Crippen molar-refractivity contribution in [3.63, 3.8) is 0 Å². The van der Waals surface area contributed by atoms with E-state index in [0.717, 1.165) is 5.69 Å². The Balaban J connectivity index is 1.82. The number of rotatable bonds is 4. The van der Waals surface area contributed by atoms with E-state index in [4.69, 9.17) is 4.74 Å². The number of pyridine rings is 1. The molecule has 0 unspecified atom stereocenters. The zero-order valence-corrected chi connectivity index (χ0v) is 13.0. The van der Waals surface area contributed by atoms with Gasteiger partial charge in [-0.15, -0.1) is 0 Å². The minimum absolute atomic E-state index is 0.124. The fraction of sp³-hybridized carbons (Fsp3) is 0.312. The Kier molecular flexibility index (Phi) is 4.20. The Morgan fingerprint density at radius 1 is 1.33 bits per heavy atom. The van der Waals surface area contributed by atoms with Crippen LogP contribution in [-0.2, 0) is 6.54 Å². The highest BCUT2D eigenvalue weighted by molar-refractivity contribution is 5.60. The van der Waals surface area contributed by atoms with Gasteiger partial charge in [-0.1, -0.05) is 0 Å². The van der Waals surface area contributed by atoms with Crippen molar-refractivity contribution in [3.05, 3.63) is 62.8 Å². The minimum Gasteiger partial charge on any atom is -0.487 e. The summed E-state index contributed by atoms with van der Waals surface area (Å²) >= 11 is 0. The number of hydrogen-bond acceptors (Lipinski definition) is 5. The molecule has 0 aliphatic carbocycles. The van der Waals surface area contributed by atoms with Crippen LogP contribution >= 0.6 is 0 Å². The van der Waals surface area contributed by atoms with Crippen LogP contribution in [-0.4, -0.2) is 28.7 Å². The maximum Gasteiger partial charge on any atom is 0.285 e. The number of nitrogens with zero attached hydrogens (tertiary/aromatic N) is 3. The van der Waals surface area contributed by atoms with Gasteiger partial charge in [0.2, 0.25) is 0 Å². The zero-order chi connectivity index (χ0) is 17.3. The molecule has 2 heterocycles. The lowest BCUT2D eigenvalue weighted by atomic mass is 10.2. The summed E-state index contributed by atoms with van der Waals surface area (Å²) in [5, 5.41) is 10.8. The average molecular weight is 333 g/mol. The lowest BCUT2D eigenvalue weighted by Crippen LogP contribution is -2.40. The predicted molar refractivity (Wildman–Crippen MR) is 86.1 cm³/mol. The number of hydrogen-bond donors (Lipinski definition) is 0. The molecule has 0 bridgehead atoms. The number of fused-ring (bicyclic) bond motifs is 1. The molecular formula is C16H16FN3O4. The molecule has 1 aromatic heterocycles. The first-order chi connectivity index (χ1) is 11.4. The topological polar surface area (TPSA) is 77.6 Å². The van der Waals surface area contributed by atoms with Crippen molar-refractivity contribution < 1.29 is 14.1 Å². The van der Waals surface area contributed by atoms with E-state index in [1.54, 1.807) is 6.07 Å². The van der Waals surface area contributed by atoms with Crippen LogP contribution in [0.3, 0.4) is 0 Å². The summed E-state index contributed by atoms with van der Waals surface area (Å²) in [5.74, 6) is 0.0813. The minimum atomic E-state index is -0.537. The molecule has 1 aliphatic heterocycles. The molecule has 126 valence electrons. The molecule has 0 radical (unpaired) electrons. The molecule has 0 fully saturated rings. The highest BCUT2D eigenvalue weighted by Gasteiger charge is 2.23. The van der Waals surface area contributed by atoms with Gasteiger partial charge in [0.25, 0.3) is 11.2 Å². The van der Waals surface area contributed by atoms with Crippen molar-refractivity contribution in [3.8, 4) is 5.75 Å². The summed E-state index contributed by atoms with van der Waals surface area (Å²) in [6, 6.07) is 6.69. The number of halogens is 1. The molecule has 2 aromatic rings. The van der Waals surface area contributed by atoms with Crippen molar-refractivity contribution >= 4 is 11.4 Å². The van der Waals surface area contributed by atoms with Gasteiger partial charge >= 0.3 is 0 Å². The first-order valence-electron chi connectivity index (χ1n) is 7.50. The van der Waals surface area contributed by atoms with Crippen LogP contribution in [0, 0.1) is 15.9 Å². The van der Waals surface area contributed by atoms with Crippen LogP contribution < -0.4 is 15.2 Å². The number of nitro groups is 1. The smallest absolute Gasteiger partial charge is 0.285 e. The van der Waals surface area contributed by atoms with Gasteiger partial charge in [0.1, 0.15) is 17.7 Å². The molecule has 0 saturated carbocycles. The quantitative estimate of drug-likeness (QED) is 0.633. The Morgan fingerprint density at radius 2 is 2.12 bits per heavy atom. The number of anilines is 1. The fourth-order valence-corrected chi connectivity index (χ4v) is 2.75. The summed E-state index contributed by atoms with van der Waals surface area (Å²) in [7, 11) is 0. The van der Waals surface area contributed by atoms with Gasteiger partial charge in [-0.05, 0) is 19.1 Å². The van der Waals surface area contributed by atoms with Crippen LogP contribution in [0.5, 0.6) is 5.75 Å². The SMILES string of the molecule is C[C@@H]1CN(CCn2cc([N+](=O)[O-])ccc2=O)c2ccc(F)cc2O1. The zero-order valence-electron chi connectivity index (χ0n) is 13.0. The summed E-state index contributed by atoms with van der Waals surface area (Å²) in [6.45, 7) is 3.19. The molecule has 1 atom stereocenters. The van der Waals surface area contributed by atoms with Crippen LogP contribution in [0.4, 0.5) is 15.8 Å². The third-order valence-electron chi connectivity index (χ3n) is 3.86. The lowest BCUT2D eigenvalue weighted by molar-refractivity contribution is -0.385. The van der Waals surface area contributed by atoms with E-state index in [9.17, 15) is 19.3 Å². The van der Waals surface area contributed by atoms with E-state index in [2.05, 4.69) is 0 Å². The lowest BCUT2D eigenvalue weighted by Gasteiger charge is -2.35. The second-order valence-corrected chi connectivity index (χ2v) is 5.66. The van der Waals surface area contributed by atoms with Crippen molar-refractivity contribution in [2.45, 2.75) is 19.6 Å². The summed E-state index contributed by atoms with van der Waals surface area (Å²) in [4.78, 5) is 24.1. The van der Waals surface area contributed by atoms with E-state index >= 15 is 0 Å². The monoisotopic (exact) mass is 333 g/mol. The van der Waals surface area contributed by atoms with E-state index in [1.165, 1.54) is 35.0 Å². The average Bonchev–Trinajstić information content (AvgIpc) is 2.52. The standard InChI is InChI=1S/C16H16FN3O4/c1-11-9-18(14-4-2-12(17)8-15(14)24-11)6-7-19-10-13(20(22)23)3-5-16(19)21/h2-5,8,10-11H,6-7,9H2,1H3/t11-/m1/s1. The fourth-order valence-electron chi connectivity index (χ4n) is 2.75. The normalized spacial score (nSPS) is 16.4. The van der Waals surface area contributed by atoms with Crippen LogP contribution in [0.1, 0.15) is 6.92 Å². The van der Waals surface area contributed by atoms with E-state index < -0.39 is 4.92 Å². The molecule has 0 N–H and O–H groups in total. The van der Waals surface area contributed by atoms with Gasteiger partial charge in [-0.2, -0.15) is 0 Å². The first-order valence-corrected chi connectivity index (χ1v) is 7.50. The summed E-state index contributed by atoms with van der Waals surface area (Å²) < 4.78 is 20.3. The van der Waals surface area contributed by atoms with Crippen molar-refractivity contribution in [1.82, 2.24) is 4.57 Å². The third-order valence-corrected chi connectivity index (χ3v) is 3.86. The molecule has 0 saturated heterocycles. The predicted octanol–water partition coefficient (Wildman–Crippen LogP) is 2.18. The van der Waals surface area contributed by atoms with Crippen LogP contribution in [0.2, 0.25) is 0 Å². The van der Waals surface area contributed by atoms with E-state index in [0.29, 0.717) is 18.8 Å². The van der Waals surface area contributed by atoms with Gasteiger partial charge in [0.15, 0.2) is 0 Å². The van der Waals surface area contributed by atoms with Crippen molar-refractivity contribution in [1.29, 1.82) is 0 Å². The Bertz CT molecular complexity index is 836. The van der Waals surface area contributed by atoms with Crippen LogP contribution in [0.25, 0.3) is 0 Å². The maximum absolute atomic E-state index is 13.4. The molecular weight excluding hydrogens is 317 g/mol. The molecule has 1 aliphatic rings. The Morgan fingerprint density at radius 3 is 2.88 bits per heavy atom. The molecule has 8 heteroatoms. The van der Waals surface area contributed by atoms with Gasteiger partial charge in [0.05, 0.1) is 23.4 Å². The number of aromatic nitrogens is 1. The van der Waals surface area contributed by atoms with Gasteiger partial charge in [0, 0.05) is 31.3 Å². The highest BCUT2D eigenvalue weighted by Crippen LogP contribution is 2.33. The van der Waals surface area contributed by atoms with E-state index in [1.807, 2.05) is 11.8 Å². The highest BCUT2D eigenvalue weighted by atomic mass is 19.1. The third kappa shape index (κ3) is 3.22. The van der Waals surface area contributed by atoms with Crippen LogP contribution in [0.15, 0.2) is 41.3 Å². The Hall–Kier alpha value is -2.90. The van der Waals surface area contributed by atoms with Crippen molar-refractivity contribution in [2.75, 3.05) is 18.0 Å². The molecule has 7 nitrogen and oxygen atoms in total. The van der Waals surface area contributed by atoms with E-state index in [-0.39, 0.29) is 29.7 Å². The maximum atomic E-state index is 13.4.